The molecule has 2 amide bonds. The Labute approximate surface area is 109 Å². The molecule has 0 bridgehead atoms. The minimum Gasteiger partial charge on any atom is -0.383 e. The number of hydrogen-bond donors (Lipinski definition) is 2. The molecule has 6 heteroatoms. The summed E-state index contributed by atoms with van der Waals surface area (Å²) in [6.07, 6.45) is 0. The van der Waals surface area contributed by atoms with Crippen LogP contribution in [-0.4, -0.2) is 37.8 Å². The van der Waals surface area contributed by atoms with Gasteiger partial charge in [-0.1, -0.05) is 0 Å². The second-order valence-electron chi connectivity index (χ2n) is 3.80. The Hall–Kier alpha value is -1.53. The molecule has 18 heavy (non-hydrogen) atoms. The monoisotopic (exact) mass is 266 g/mol. The molecule has 1 aliphatic rings. The first kappa shape index (κ1) is 12.9. The van der Waals surface area contributed by atoms with E-state index in [1.165, 1.54) is 11.8 Å². The highest BCUT2D eigenvalue weighted by atomic mass is 32.2. The molecule has 0 unspecified atom stereocenters. The van der Waals surface area contributed by atoms with Gasteiger partial charge in [-0.2, -0.15) is 0 Å². The molecule has 2 rings (SSSR count). The predicted molar refractivity (Wildman–Crippen MR) is 70.0 cm³/mol. The van der Waals surface area contributed by atoms with E-state index in [2.05, 4.69) is 10.6 Å². The van der Waals surface area contributed by atoms with Crippen molar-refractivity contribution in [3.05, 3.63) is 23.8 Å². The fourth-order valence-electron chi connectivity index (χ4n) is 1.59. The summed E-state index contributed by atoms with van der Waals surface area (Å²) < 4.78 is 4.86. The first-order valence-electron chi connectivity index (χ1n) is 5.54. The van der Waals surface area contributed by atoms with E-state index in [-0.39, 0.29) is 11.8 Å². The van der Waals surface area contributed by atoms with Gasteiger partial charge in [-0.25, -0.2) is 0 Å². The number of thioether (sulfide) groups is 1. The maximum atomic E-state index is 11.8. The van der Waals surface area contributed by atoms with Crippen molar-refractivity contribution in [3.8, 4) is 0 Å². The second-order valence-corrected chi connectivity index (χ2v) is 4.81. The first-order chi connectivity index (χ1) is 8.70. The van der Waals surface area contributed by atoms with Crippen LogP contribution in [0.4, 0.5) is 5.69 Å². The van der Waals surface area contributed by atoms with Crippen LogP contribution in [0.1, 0.15) is 10.4 Å². The lowest BCUT2D eigenvalue weighted by molar-refractivity contribution is -0.113. The van der Waals surface area contributed by atoms with Gasteiger partial charge in [-0.3, -0.25) is 9.59 Å². The standard InChI is InChI=1S/C12H14N2O3S/c1-17-5-4-13-12(16)8-2-3-10-9(6-8)14-11(15)7-18-10/h2-3,6H,4-5,7H2,1H3,(H,13,16)(H,14,15). The number of carbonyl (C=O) groups excluding carboxylic acids is 2. The zero-order valence-electron chi connectivity index (χ0n) is 9.99. The molecule has 96 valence electrons. The Morgan fingerprint density at radius 3 is 3.17 bits per heavy atom. The zero-order chi connectivity index (χ0) is 13.0. The van der Waals surface area contributed by atoms with E-state index in [4.69, 9.17) is 4.74 Å². The summed E-state index contributed by atoms with van der Waals surface area (Å²) in [6.45, 7) is 0.941. The Bertz CT molecular complexity index is 476. The molecule has 0 spiro atoms. The van der Waals surface area contributed by atoms with Gasteiger partial charge in [0.05, 0.1) is 18.0 Å². The van der Waals surface area contributed by atoms with Gasteiger partial charge in [0.15, 0.2) is 0 Å². The van der Waals surface area contributed by atoms with Crippen molar-refractivity contribution < 1.29 is 14.3 Å². The molecule has 1 aliphatic heterocycles. The molecular weight excluding hydrogens is 252 g/mol. The number of amides is 2. The summed E-state index contributed by atoms with van der Waals surface area (Å²) in [5.41, 5.74) is 1.24. The third kappa shape index (κ3) is 3.02. The molecule has 1 aromatic rings. The molecule has 1 aromatic carbocycles. The summed E-state index contributed by atoms with van der Waals surface area (Å²) in [6, 6.07) is 5.30. The number of rotatable bonds is 4. The maximum Gasteiger partial charge on any atom is 0.251 e. The van der Waals surface area contributed by atoms with Gasteiger partial charge in [0, 0.05) is 24.1 Å². The van der Waals surface area contributed by atoms with Crippen molar-refractivity contribution in [2.24, 2.45) is 0 Å². The van der Waals surface area contributed by atoms with Gasteiger partial charge in [-0.05, 0) is 18.2 Å². The summed E-state index contributed by atoms with van der Waals surface area (Å²) in [7, 11) is 1.58. The Morgan fingerprint density at radius 2 is 2.39 bits per heavy atom. The van der Waals surface area contributed by atoms with Crippen LogP contribution in [-0.2, 0) is 9.53 Å². The lowest BCUT2D eigenvalue weighted by atomic mass is 10.2. The SMILES string of the molecule is COCCNC(=O)c1ccc2c(c1)NC(=O)CS2. The highest BCUT2D eigenvalue weighted by Crippen LogP contribution is 2.31. The van der Waals surface area contributed by atoms with Gasteiger partial charge in [0.25, 0.3) is 5.91 Å². The maximum absolute atomic E-state index is 11.8. The Morgan fingerprint density at radius 1 is 1.56 bits per heavy atom. The molecule has 0 saturated heterocycles. The molecule has 0 aliphatic carbocycles. The van der Waals surface area contributed by atoms with E-state index in [0.717, 1.165) is 4.90 Å². The van der Waals surface area contributed by atoms with Crippen molar-refractivity contribution >= 4 is 29.3 Å². The topological polar surface area (TPSA) is 67.4 Å². The quantitative estimate of drug-likeness (QED) is 0.801. The smallest absolute Gasteiger partial charge is 0.251 e. The molecule has 1 heterocycles. The van der Waals surface area contributed by atoms with E-state index in [1.807, 2.05) is 6.07 Å². The van der Waals surface area contributed by atoms with Crippen LogP contribution >= 0.6 is 11.8 Å². The van der Waals surface area contributed by atoms with Crippen molar-refractivity contribution in [2.45, 2.75) is 4.90 Å². The highest BCUT2D eigenvalue weighted by molar-refractivity contribution is 8.00. The zero-order valence-corrected chi connectivity index (χ0v) is 10.8. The van der Waals surface area contributed by atoms with E-state index >= 15 is 0 Å². The van der Waals surface area contributed by atoms with Gasteiger partial charge in [0.1, 0.15) is 0 Å². The van der Waals surface area contributed by atoms with E-state index < -0.39 is 0 Å². The highest BCUT2D eigenvalue weighted by Gasteiger charge is 2.17. The molecular formula is C12H14N2O3S. The van der Waals surface area contributed by atoms with Crippen LogP contribution in [0.15, 0.2) is 23.1 Å². The number of nitrogens with one attached hydrogen (secondary N) is 2. The predicted octanol–water partition coefficient (Wildman–Crippen LogP) is 1.11. The second kappa shape index (κ2) is 5.88. The molecule has 2 N–H and O–H groups in total. The van der Waals surface area contributed by atoms with Crippen molar-refractivity contribution in [2.75, 3.05) is 31.3 Å². The minimum atomic E-state index is -0.167. The average Bonchev–Trinajstić information content (AvgIpc) is 2.38. The average molecular weight is 266 g/mol. The van der Waals surface area contributed by atoms with Gasteiger partial charge in [0.2, 0.25) is 5.91 Å². The number of hydrogen-bond acceptors (Lipinski definition) is 4. The number of benzene rings is 1. The van der Waals surface area contributed by atoms with Crippen molar-refractivity contribution in [1.29, 1.82) is 0 Å². The Balaban J connectivity index is 2.08. The molecule has 0 atom stereocenters. The number of anilines is 1. The van der Waals surface area contributed by atoms with E-state index in [9.17, 15) is 9.59 Å². The van der Waals surface area contributed by atoms with E-state index in [1.54, 1.807) is 19.2 Å². The van der Waals surface area contributed by atoms with Gasteiger partial charge < -0.3 is 15.4 Å². The summed E-state index contributed by atoms with van der Waals surface area (Å²) in [5, 5.41) is 5.49. The van der Waals surface area contributed by atoms with Gasteiger partial charge >= 0.3 is 0 Å². The minimum absolute atomic E-state index is 0.0376. The third-order valence-corrected chi connectivity index (χ3v) is 3.54. The summed E-state index contributed by atoms with van der Waals surface area (Å²) >= 11 is 1.47. The molecule has 0 saturated carbocycles. The number of carbonyl (C=O) groups is 2. The van der Waals surface area contributed by atoms with Crippen molar-refractivity contribution in [3.63, 3.8) is 0 Å². The number of ether oxygens (including phenoxy) is 1. The lowest BCUT2D eigenvalue weighted by Crippen LogP contribution is -2.27. The molecule has 5 nitrogen and oxygen atoms in total. The number of fused-ring (bicyclic) bond motifs is 1. The van der Waals surface area contributed by atoms with Crippen LogP contribution in [0, 0.1) is 0 Å². The summed E-state index contributed by atoms with van der Waals surface area (Å²) in [5.74, 6) is 0.218. The lowest BCUT2D eigenvalue weighted by Gasteiger charge is -2.16. The molecule has 0 radical (unpaired) electrons. The van der Waals surface area contributed by atoms with E-state index in [0.29, 0.717) is 30.2 Å². The largest absolute Gasteiger partial charge is 0.383 e. The first-order valence-corrected chi connectivity index (χ1v) is 6.53. The van der Waals surface area contributed by atoms with Crippen LogP contribution in [0.5, 0.6) is 0 Å². The fraction of sp³-hybridized carbons (Fsp3) is 0.333. The van der Waals surface area contributed by atoms with Crippen molar-refractivity contribution in [1.82, 2.24) is 5.32 Å². The van der Waals surface area contributed by atoms with Crippen LogP contribution in [0.2, 0.25) is 0 Å². The third-order valence-electron chi connectivity index (χ3n) is 2.47. The molecule has 0 fully saturated rings. The van der Waals surface area contributed by atoms with Crippen LogP contribution in [0.25, 0.3) is 0 Å². The van der Waals surface area contributed by atoms with Crippen LogP contribution in [0.3, 0.4) is 0 Å². The fourth-order valence-corrected chi connectivity index (χ4v) is 2.38. The number of methoxy groups -OCH3 is 1. The van der Waals surface area contributed by atoms with Crippen LogP contribution < -0.4 is 10.6 Å². The Kier molecular flexibility index (Phi) is 4.22. The molecule has 0 aromatic heterocycles. The normalized spacial score (nSPS) is 13.7. The van der Waals surface area contributed by atoms with Gasteiger partial charge in [-0.15, -0.1) is 11.8 Å². The summed E-state index contributed by atoms with van der Waals surface area (Å²) in [4.78, 5) is 24.1.